The molecule has 174 valence electrons. The molecule has 0 spiro atoms. The summed E-state index contributed by atoms with van der Waals surface area (Å²) in [7, 11) is 0. The number of alkyl carbamates (subject to hydrolysis) is 1. The number of H-pyrrole nitrogens is 1. The van der Waals surface area contributed by atoms with Crippen molar-refractivity contribution in [2.45, 2.75) is 25.5 Å². The van der Waals surface area contributed by atoms with Gasteiger partial charge in [0.25, 0.3) is 0 Å². The van der Waals surface area contributed by atoms with Gasteiger partial charge in [0.1, 0.15) is 18.4 Å². The Morgan fingerprint density at radius 3 is 2.44 bits per heavy atom. The zero-order valence-electron chi connectivity index (χ0n) is 18.7. The molecule has 1 heterocycles. The molecule has 1 atom stereocenters. The molecule has 7 heteroatoms. The smallest absolute Gasteiger partial charge is 0.408 e. The van der Waals surface area contributed by atoms with Crippen LogP contribution in [-0.4, -0.2) is 34.7 Å². The van der Waals surface area contributed by atoms with Gasteiger partial charge in [-0.05, 0) is 41.3 Å². The highest BCUT2D eigenvalue weighted by atomic mass is 16.5. The van der Waals surface area contributed by atoms with E-state index in [-0.39, 0.29) is 24.7 Å². The van der Waals surface area contributed by atoms with Crippen LogP contribution < -0.4 is 10.6 Å². The van der Waals surface area contributed by atoms with Gasteiger partial charge in [-0.2, -0.15) is 0 Å². The summed E-state index contributed by atoms with van der Waals surface area (Å²) in [5.41, 5.74) is 3.83. The van der Waals surface area contributed by atoms with E-state index in [4.69, 9.17) is 4.74 Å². The predicted octanol–water partition coefficient (Wildman–Crippen LogP) is 4.07. The first-order valence-corrected chi connectivity index (χ1v) is 11.2. The number of rotatable bonds is 9. The minimum Gasteiger partial charge on any atom is -0.508 e. The van der Waals surface area contributed by atoms with Crippen molar-refractivity contribution in [2.75, 3.05) is 6.54 Å². The molecule has 4 N–H and O–H groups in total. The van der Waals surface area contributed by atoms with Crippen LogP contribution in [0.2, 0.25) is 0 Å². The highest BCUT2D eigenvalue weighted by Crippen LogP contribution is 2.18. The van der Waals surface area contributed by atoms with Crippen LogP contribution in [0.4, 0.5) is 4.79 Å². The minimum atomic E-state index is -0.823. The quantitative estimate of drug-likeness (QED) is 0.304. The van der Waals surface area contributed by atoms with Crippen molar-refractivity contribution in [3.05, 3.63) is 102 Å². The Kier molecular flexibility index (Phi) is 7.45. The number of carbonyl (C=O) groups is 2. The maximum absolute atomic E-state index is 13.0. The number of fused-ring (bicyclic) bond motifs is 1. The highest BCUT2D eigenvalue weighted by molar-refractivity contribution is 5.86. The van der Waals surface area contributed by atoms with Crippen molar-refractivity contribution in [1.82, 2.24) is 15.6 Å². The molecule has 0 saturated carbocycles. The fourth-order valence-electron chi connectivity index (χ4n) is 3.77. The molecular weight excluding hydrogens is 430 g/mol. The lowest BCUT2D eigenvalue weighted by Gasteiger charge is -2.19. The van der Waals surface area contributed by atoms with E-state index in [9.17, 15) is 14.7 Å². The Hall–Kier alpha value is -4.26. The van der Waals surface area contributed by atoms with Gasteiger partial charge in [-0.1, -0.05) is 60.7 Å². The van der Waals surface area contributed by atoms with Gasteiger partial charge in [-0.3, -0.25) is 4.79 Å². The van der Waals surface area contributed by atoms with E-state index >= 15 is 0 Å². The topological polar surface area (TPSA) is 103 Å². The number of aromatic nitrogens is 1. The van der Waals surface area contributed by atoms with Crippen LogP contribution in [-0.2, 0) is 29.0 Å². The standard InChI is InChI=1S/C27H27N3O4/c31-22-12-10-19(11-13-22)16-25(30-27(33)34-18-20-6-2-1-3-7-20)26(32)28-15-14-21-17-29-24-9-5-4-8-23(21)24/h1-13,17,25,29,31H,14-16,18H2,(H,28,32)(H,30,33)/t25-/m0/s1. The molecule has 0 fully saturated rings. The average molecular weight is 458 g/mol. The van der Waals surface area contributed by atoms with Gasteiger partial charge >= 0.3 is 6.09 Å². The number of phenols is 1. The van der Waals surface area contributed by atoms with Crippen LogP contribution in [0.5, 0.6) is 5.75 Å². The molecule has 4 rings (SSSR count). The van der Waals surface area contributed by atoms with Crippen molar-refractivity contribution in [3.8, 4) is 5.75 Å². The van der Waals surface area contributed by atoms with Gasteiger partial charge in [0.15, 0.2) is 0 Å². The van der Waals surface area contributed by atoms with Crippen LogP contribution in [0.3, 0.4) is 0 Å². The molecule has 0 unspecified atom stereocenters. The maximum atomic E-state index is 13.0. The third kappa shape index (κ3) is 6.16. The second-order valence-electron chi connectivity index (χ2n) is 8.03. The van der Waals surface area contributed by atoms with Crippen LogP contribution >= 0.6 is 0 Å². The number of amides is 2. The van der Waals surface area contributed by atoms with E-state index < -0.39 is 12.1 Å². The van der Waals surface area contributed by atoms with E-state index in [2.05, 4.69) is 15.6 Å². The maximum Gasteiger partial charge on any atom is 0.408 e. The summed E-state index contributed by atoms with van der Waals surface area (Å²) < 4.78 is 5.30. The van der Waals surface area contributed by atoms with Crippen LogP contribution in [0.1, 0.15) is 16.7 Å². The lowest BCUT2D eigenvalue weighted by atomic mass is 10.0. The van der Waals surface area contributed by atoms with E-state index in [0.29, 0.717) is 13.0 Å². The van der Waals surface area contributed by atoms with Crippen LogP contribution in [0.15, 0.2) is 85.1 Å². The zero-order valence-corrected chi connectivity index (χ0v) is 18.7. The molecule has 4 aromatic rings. The van der Waals surface area contributed by atoms with Crippen molar-refractivity contribution < 1.29 is 19.4 Å². The molecule has 0 aliphatic rings. The normalized spacial score (nSPS) is 11.6. The number of carbonyl (C=O) groups excluding carboxylic acids is 2. The summed E-state index contributed by atoms with van der Waals surface area (Å²) in [6.07, 6.45) is 2.20. The lowest BCUT2D eigenvalue weighted by Crippen LogP contribution is -2.48. The highest BCUT2D eigenvalue weighted by Gasteiger charge is 2.22. The first-order valence-electron chi connectivity index (χ1n) is 11.2. The summed E-state index contributed by atoms with van der Waals surface area (Å²) in [6.45, 7) is 0.536. The largest absolute Gasteiger partial charge is 0.508 e. The Morgan fingerprint density at radius 1 is 0.912 bits per heavy atom. The van der Waals surface area contributed by atoms with Crippen molar-refractivity contribution in [2.24, 2.45) is 0 Å². The molecule has 2 amide bonds. The van der Waals surface area contributed by atoms with Gasteiger partial charge < -0.3 is 25.5 Å². The second-order valence-corrected chi connectivity index (χ2v) is 8.03. The minimum absolute atomic E-state index is 0.112. The Balaban J connectivity index is 1.37. The van der Waals surface area contributed by atoms with E-state index in [1.54, 1.807) is 24.3 Å². The van der Waals surface area contributed by atoms with Crippen molar-refractivity contribution in [3.63, 3.8) is 0 Å². The summed E-state index contributed by atoms with van der Waals surface area (Å²) in [5.74, 6) is -0.164. The monoisotopic (exact) mass is 457 g/mol. The van der Waals surface area contributed by atoms with Crippen LogP contribution in [0.25, 0.3) is 10.9 Å². The Bertz CT molecular complexity index is 1240. The van der Waals surface area contributed by atoms with Gasteiger partial charge in [0, 0.05) is 30.1 Å². The van der Waals surface area contributed by atoms with Gasteiger partial charge in [-0.15, -0.1) is 0 Å². The van der Waals surface area contributed by atoms with E-state index in [1.165, 1.54) is 0 Å². The fraction of sp³-hybridized carbons (Fsp3) is 0.185. The van der Waals surface area contributed by atoms with E-state index in [1.807, 2.05) is 60.8 Å². The molecule has 1 aromatic heterocycles. The average Bonchev–Trinajstić information content (AvgIpc) is 3.27. The Labute approximate surface area is 197 Å². The third-order valence-corrected chi connectivity index (χ3v) is 5.57. The number of nitrogens with one attached hydrogen (secondary N) is 3. The molecule has 34 heavy (non-hydrogen) atoms. The molecular formula is C27H27N3O4. The summed E-state index contributed by atoms with van der Waals surface area (Å²) in [4.78, 5) is 28.6. The van der Waals surface area contributed by atoms with Gasteiger partial charge in [-0.25, -0.2) is 4.79 Å². The molecule has 0 bridgehead atoms. The number of aromatic amines is 1. The number of aromatic hydroxyl groups is 1. The van der Waals surface area contributed by atoms with E-state index in [0.717, 1.165) is 27.6 Å². The Morgan fingerprint density at radius 2 is 1.65 bits per heavy atom. The molecule has 0 aliphatic heterocycles. The number of ether oxygens (including phenoxy) is 1. The van der Waals surface area contributed by atoms with Gasteiger partial charge in [0.05, 0.1) is 0 Å². The molecule has 0 radical (unpaired) electrons. The first-order chi connectivity index (χ1) is 16.6. The molecule has 3 aromatic carbocycles. The number of hydrogen-bond acceptors (Lipinski definition) is 4. The third-order valence-electron chi connectivity index (χ3n) is 5.57. The zero-order chi connectivity index (χ0) is 23.8. The molecule has 0 aliphatic carbocycles. The summed E-state index contributed by atoms with van der Waals surface area (Å²) in [5, 5.41) is 16.3. The van der Waals surface area contributed by atoms with Crippen molar-refractivity contribution in [1.29, 1.82) is 0 Å². The number of benzene rings is 3. The number of hydrogen-bond donors (Lipinski definition) is 4. The SMILES string of the molecule is O=C(N[C@@H](Cc1ccc(O)cc1)C(=O)NCCc1c[nH]c2ccccc12)OCc1ccccc1. The van der Waals surface area contributed by atoms with Crippen molar-refractivity contribution >= 4 is 22.9 Å². The molecule has 7 nitrogen and oxygen atoms in total. The number of para-hydroxylation sites is 1. The van der Waals surface area contributed by atoms with Crippen LogP contribution in [0, 0.1) is 0 Å². The summed E-state index contributed by atoms with van der Waals surface area (Å²) in [6, 6.07) is 23.1. The molecule has 0 saturated heterocycles. The number of phenolic OH excluding ortho intramolecular Hbond substituents is 1. The summed E-state index contributed by atoms with van der Waals surface area (Å²) >= 11 is 0. The first kappa shape index (κ1) is 22.9. The van der Waals surface area contributed by atoms with Gasteiger partial charge in [0.2, 0.25) is 5.91 Å². The predicted molar refractivity (Wildman–Crippen MR) is 130 cm³/mol. The fourth-order valence-corrected chi connectivity index (χ4v) is 3.77. The second kappa shape index (κ2) is 11.0. The lowest BCUT2D eigenvalue weighted by molar-refractivity contribution is -0.123.